The van der Waals surface area contributed by atoms with Crippen LogP contribution in [0, 0.1) is 22.7 Å². The molecule has 0 bridgehead atoms. The Morgan fingerprint density at radius 2 is 1.20 bits per heavy atom. The summed E-state index contributed by atoms with van der Waals surface area (Å²) in [4.78, 5) is 0. The van der Waals surface area contributed by atoms with Gasteiger partial charge in [0.25, 0.3) is 0 Å². The molecule has 0 aliphatic carbocycles. The molecular weight excluding hydrogens is 196 g/mol. The molecule has 0 aromatic heterocycles. The first-order valence-corrected chi connectivity index (χ1v) is 4.78. The van der Waals surface area contributed by atoms with Gasteiger partial charge in [-0.1, -0.05) is 13.8 Å². The van der Waals surface area contributed by atoms with Crippen molar-refractivity contribution in [2.24, 2.45) is 0 Å². The highest BCUT2D eigenvalue weighted by Crippen LogP contribution is 1.68. The summed E-state index contributed by atoms with van der Waals surface area (Å²) in [7, 11) is 0. The highest BCUT2D eigenvalue weighted by atomic mass is 16.5. The number of nitriles is 2. The molecule has 5 heteroatoms. The fourth-order valence-electron chi connectivity index (χ4n) is 0.231. The average molecular weight is 216 g/mol. The lowest BCUT2D eigenvalue weighted by molar-refractivity contribution is 0.0650. The third-order valence-corrected chi connectivity index (χ3v) is 0.787. The Morgan fingerprint density at radius 1 is 0.933 bits per heavy atom. The summed E-state index contributed by atoms with van der Waals surface area (Å²) in [5.41, 5.74) is 0. The standard InChI is InChI=1S/C4H10O3.2C3H5N/c5-1-3-7-4-2-6;2*1-2-3-4/h5-6H,1-4H2;2*2H2,1H3. The van der Waals surface area contributed by atoms with Gasteiger partial charge in [0.05, 0.1) is 38.6 Å². The number of hydrogen-bond donors (Lipinski definition) is 2. The molecule has 0 saturated heterocycles. The summed E-state index contributed by atoms with van der Waals surface area (Å²) in [6.45, 7) is 4.33. The average Bonchev–Trinajstić information content (AvgIpc) is 2.30. The maximum absolute atomic E-state index is 8.09. The molecule has 2 N–H and O–H groups in total. The zero-order valence-corrected chi connectivity index (χ0v) is 9.44. The van der Waals surface area contributed by atoms with Crippen LogP contribution >= 0.6 is 0 Å². The van der Waals surface area contributed by atoms with Crippen LogP contribution in [0.2, 0.25) is 0 Å². The van der Waals surface area contributed by atoms with E-state index in [1.807, 2.05) is 26.0 Å². The van der Waals surface area contributed by atoms with Crippen LogP contribution in [0.1, 0.15) is 26.7 Å². The van der Waals surface area contributed by atoms with Gasteiger partial charge in [-0.2, -0.15) is 10.5 Å². The third-order valence-electron chi connectivity index (χ3n) is 0.787. The molecule has 0 aliphatic rings. The van der Waals surface area contributed by atoms with E-state index in [9.17, 15) is 0 Å². The smallest absolute Gasteiger partial charge is 0.0698 e. The maximum Gasteiger partial charge on any atom is 0.0698 e. The minimum atomic E-state index is 0.0278. The quantitative estimate of drug-likeness (QED) is 0.678. The van der Waals surface area contributed by atoms with Gasteiger partial charge >= 0.3 is 0 Å². The zero-order chi connectivity index (χ0) is 12.4. The molecule has 0 fully saturated rings. The predicted molar refractivity (Wildman–Crippen MR) is 56.8 cm³/mol. The zero-order valence-electron chi connectivity index (χ0n) is 9.44. The summed E-state index contributed by atoms with van der Waals surface area (Å²) in [5, 5.41) is 31.4. The van der Waals surface area contributed by atoms with Crippen LogP contribution in [-0.2, 0) is 4.74 Å². The van der Waals surface area contributed by atoms with Crippen LogP contribution in [0.5, 0.6) is 0 Å². The first-order chi connectivity index (χ1) is 7.24. The number of aliphatic hydroxyl groups is 2. The van der Waals surface area contributed by atoms with Crippen molar-refractivity contribution in [3.63, 3.8) is 0 Å². The lowest BCUT2D eigenvalue weighted by Crippen LogP contribution is -2.03. The van der Waals surface area contributed by atoms with Crippen LogP contribution in [0.3, 0.4) is 0 Å². The Labute approximate surface area is 91.5 Å². The van der Waals surface area contributed by atoms with Crippen molar-refractivity contribution in [2.45, 2.75) is 26.7 Å². The van der Waals surface area contributed by atoms with E-state index < -0.39 is 0 Å². The molecular formula is C10H20N2O3. The molecule has 15 heavy (non-hydrogen) atoms. The van der Waals surface area contributed by atoms with Gasteiger partial charge in [0.2, 0.25) is 0 Å². The van der Waals surface area contributed by atoms with Crippen molar-refractivity contribution < 1.29 is 14.9 Å². The number of ether oxygens (including phenoxy) is 1. The van der Waals surface area contributed by atoms with Crippen LogP contribution < -0.4 is 0 Å². The number of nitrogens with zero attached hydrogens (tertiary/aromatic N) is 2. The molecule has 5 nitrogen and oxygen atoms in total. The molecule has 0 unspecified atom stereocenters. The number of aliphatic hydroxyl groups excluding tert-OH is 2. The highest BCUT2D eigenvalue weighted by molar-refractivity contribution is 4.62. The van der Waals surface area contributed by atoms with Crippen LogP contribution in [0.15, 0.2) is 0 Å². The monoisotopic (exact) mass is 216 g/mol. The van der Waals surface area contributed by atoms with E-state index >= 15 is 0 Å². The molecule has 0 radical (unpaired) electrons. The largest absolute Gasteiger partial charge is 0.394 e. The minimum absolute atomic E-state index is 0.0278. The van der Waals surface area contributed by atoms with Crippen LogP contribution in [0.4, 0.5) is 0 Å². The van der Waals surface area contributed by atoms with Gasteiger partial charge in [0.1, 0.15) is 0 Å². The first-order valence-electron chi connectivity index (χ1n) is 4.78. The molecule has 0 atom stereocenters. The van der Waals surface area contributed by atoms with E-state index in [0.29, 0.717) is 26.1 Å². The first kappa shape index (κ1) is 19.4. The van der Waals surface area contributed by atoms with Gasteiger partial charge in [0.15, 0.2) is 0 Å². The molecule has 0 rings (SSSR count). The third kappa shape index (κ3) is 64.2. The Balaban J connectivity index is -0.000000155. The van der Waals surface area contributed by atoms with E-state index in [1.165, 1.54) is 0 Å². The van der Waals surface area contributed by atoms with Crippen LogP contribution in [0.25, 0.3) is 0 Å². The normalized spacial score (nSPS) is 7.07. The van der Waals surface area contributed by atoms with Gasteiger partial charge < -0.3 is 14.9 Å². The van der Waals surface area contributed by atoms with E-state index in [4.69, 9.17) is 20.7 Å². The van der Waals surface area contributed by atoms with E-state index in [0.717, 1.165) is 0 Å². The minimum Gasteiger partial charge on any atom is -0.394 e. The molecule has 0 aliphatic heterocycles. The summed E-state index contributed by atoms with van der Waals surface area (Å²) in [6, 6.07) is 3.86. The summed E-state index contributed by atoms with van der Waals surface area (Å²) >= 11 is 0. The van der Waals surface area contributed by atoms with Crippen molar-refractivity contribution in [1.82, 2.24) is 0 Å². The second-order valence-electron chi connectivity index (χ2n) is 2.08. The molecule has 0 amide bonds. The summed E-state index contributed by atoms with van der Waals surface area (Å²) < 4.78 is 4.63. The Bertz CT molecular complexity index is 143. The van der Waals surface area contributed by atoms with Gasteiger partial charge in [-0.3, -0.25) is 0 Å². The topological polar surface area (TPSA) is 97.3 Å². The molecule has 0 spiro atoms. The Kier molecular flexibility index (Phi) is 37.9. The Morgan fingerprint density at radius 3 is 1.33 bits per heavy atom. The van der Waals surface area contributed by atoms with Crippen molar-refractivity contribution in [1.29, 1.82) is 10.5 Å². The van der Waals surface area contributed by atoms with E-state index in [2.05, 4.69) is 4.74 Å². The SMILES string of the molecule is CCC#N.CCC#N.OCCOCCO. The number of hydrogen-bond acceptors (Lipinski definition) is 5. The van der Waals surface area contributed by atoms with Crippen molar-refractivity contribution in [3.05, 3.63) is 0 Å². The molecule has 0 saturated carbocycles. The second-order valence-corrected chi connectivity index (χ2v) is 2.08. The predicted octanol–water partition coefficient (Wildman–Crippen LogP) is 0.828. The lowest BCUT2D eigenvalue weighted by Gasteiger charge is -1.94. The van der Waals surface area contributed by atoms with Gasteiger partial charge in [-0.15, -0.1) is 0 Å². The molecule has 0 aromatic rings. The van der Waals surface area contributed by atoms with E-state index in [1.54, 1.807) is 0 Å². The fourth-order valence-corrected chi connectivity index (χ4v) is 0.231. The van der Waals surface area contributed by atoms with Crippen molar-refractivity contribution >= 4 is 0 Å². The fraction of sp³-hybridized carbons (Fsp3) is 0.800. The van der Waals surface area contributed by atoms with Crippen LogP contribution in [-0.4, -0.2) is 36.6 Å². The summed E-state index contributed by atoms with van der Waals surface area (Å²) in [6.07, 6.45) is 1.25. The van der Waals surface area contributed by atoms with E-state index in [-0.39, 0.29) is 13.2 Å². The second kappa shape index (κ2) is 29.3. The van der Waals surface area contributed by atoms with Gasteiger partial charge in [0, 0.05) is 12.8 Å². The molecule has 0 aromatic carbocycles. The lowest BCUT2D eigenvalue weighted by atomic mass is 10.6. The maximum atomic E-state index is 8.09. The summed E-state index contributed by atoms with van der Waals surface area (Å²) in [5.74, 6) is 0. The molecule has 0 heterocycles. The van der Waals surface area contributed by atoms with Crippen molar-refractivity contribution in [2.75, 3.05) is 26.4 Å². The van der Waals surface area contributed by atoms with Crippen molar-refractivity contribution in [3.8, 4) is 12.1 Å². The van der Waals surface area contributed by atoms with Gasteiger partial charge in [-0.25, -0.2) is 0 Å². The van der Waals surface area contributed by atoms with Gasteiger partial charge in [-0.05, 0) is 0 Å². The number of rotatable bonds is 4. The highest BCUT2D eigenvalue weighted by Gasteiger charge is 1.79. The molecule has 88 valence electrons. The Hall–Kier alpha value is -1.14.